The minimum absolute atomic E-state index is 0.221. The second kappa shape index (κ2) is 30.3. The second-order valence-corrected chi connectivity index (χ2v) is 11.6. The minimum Gasteiger partial charge on any atom is -0.481 e. The highest BCUT2D eigenvalue weighted by atomic mass is 16.6. The Morgan fingerprint density at radius 2 is 0.810 bits per heavy atom. The van der Waals surface area contributed by atoms with Crippen LogP contribution >= 0.6 is 0 Å². The molecule has 0 heterocycles. The Hall–Kier alpha value is -2.12. The molecule has 42 heavy (non-hydrogen) atoms. The molecule has 1 unspecified atom stereocenters. The van der Waals surface area contributed by atoms with Gasteiger partial charge in [0.1, 0.15) is 19.6 Å². The van der Waals surface area contributed by atoms with Crippen molar-refractivity contribution in [1.29, 1.82) is 0 Å². The largest absolute Gasteiger partial charge is 0.481 e. The van der Waals surface area contributed by atoms with Gasteiger partial charge in [0.05, 0.1) is 0 Å². The maximum atomic E-state index is 12.4. The fraction of sp³-hybridized carbons (Fsp3) is 0.882. The van der Waals surface area contributed by atoms with Gasteiger partial charge in [-0.25, -0.2) is 0 Å². The predicted molar refractivity (Wildman–Crippen MR) is 166 cm³/mol. The summed E-state index contributed by atoms with van der Waals surface area (Å²) >= 11 is 0. The van der Waals surface area contributed by atoms with Crippen LogP contribution in [0.2, 0.25) is 0 Å². The topological polar surface area (TPSA) is 116 Å². The maximum absolute atomic E-state index is 12.4. The number of aliphatic carboxylic acids is 1. The molecule has 8 heteroatoms. The van der Waals surface area contributed by atoms with Crippen molar-refractivity contribution in [2.24, 2.45) is 0 Å². The molecule has 0 radical (unpaired) electrons. The number of unbranched alkanes of at least 4 members (excludes halogenated alkanes) is 20. The highest BCUT2D eigenvalue weighted by molar-refractivity contribution is 5.90. The van der Waals surface area contributed by atoms with Crippen molar-refractivity contribution in [3.63, 3.8) is 0 Å². The monoisotopic (exact) mass is 598 g/mol. The van der Waals surface area contributed by atoms with Crippen molar-refractivity contribution in [3.05, 3.63) is 0 Å². The number of hydrogen-bond donors (Lipinski definition) is 1. The molecule has 1 N–H and O–H groups in total. The number of rotatable bonds is 31. The van der Waals surface area contributed by atoms with Crippen molar-refractivity contribution >= 4 is 23.9 Å². The number of carboxylic acids is 1. The second-order valence-electron chi connectivity index (χ2n) is 11.6. The van der Waals surface area contributed by atoms with Crippen LogP contribution < -0.4 is 0 Å². The molecule has 0 amide bonds. The lowest BCUT2D eigenvalue weighted by Gasteiger charge is -2.18. The SMILES string of the molecule is CCCCCCCCCCCCCC(=O)OCC(COC(=O)CC(=O)O)OC(=O)CCCCCCCCCCCCC. The van der Waals surface area contributed by atoms with Crippen LogP contribution in [0.3, 0.4) is 0 Å². The quantitative estimate of drug-likeness (QED) is 0.0364. The Balaban J connectivity index is 4.16. The number of esters is 3. The van der Waals surface area contributed by atoms with E-state index in [0.717, 1.165) is 32.1 Å². The van der Waals surface area contributed by atoms with Crippen molar-refractivity contribution in [2.45, 2.75) is 180 Å². The molecular formula is C34H62O8. The maximum Gasteiger partial charge on any atom is 0.317 e. The summed E-state index contributed by atoms with van der Waals surface area (Å²) in [5, 5.41) is 8.75. The van der Waals surface area contributed by atoms with Gasteiger partial charge in [-0.2, -0.15) is 0 Å². The Morgan fingerprint density at radius 3 is 1.19 bits per heavy atom. The van der Waals surface area contributed by atoms with Gasteiger partial charge < -0.3 is 19.3 Å². The molecule has 8 nitrogen and oxygen atoms in total. The third-order valence-electron chi connectivity index (χ3n) is 7.42. The summed E-state index contributed by atoms with van der Waals surface area (Å²) in [7, 11) is 0. The van der Waals surface area contributed by atoms with Gasteiger partial charge in [-0.15, -0.1) is 0 Å². The summed E-state index contributed by atoms with van der Waals surface area (Å²) in [6.07, 6.45) is 24.8. The van der Waals surface area contributed by atoms with Crippen molar-refractivity contribution in [2.75, 3.05) is 13.2 Å². The molecule has 0 aliphatic heterocycles. The van der Waals surface area contributed by atoms with Crippen LogP contribution in [0.4, 0.5) is 0 Å². The first-order chi connectivity index (χ1) is 20.4. The average molecular weight is 599 g/mol. The standard InChI is InChI=1S/C34H62O8/c1-3-5-7-9-11-13-15-17-19-21-23-25-32(37)40-28-30(29-41-34(39)27-31(35)36)42-33(38)26-24-22-20-18-16-14-12-10-8-6-4-2/h30H,3-29H2,1-2H3,(H,35,36). The molecule has 0 aromatic carbocycles. The van der Waals surface area contributed by atoms with Gasteiger partial charge >= 0.3 is 23.9 Å². The molecule has 1 atom stereocenters. The van der Waals surface area contributed by atoms with E-state index in [1.165, 1.54) is 103 Å². The third kappa shape index (κ3) is 29.4. The van der Waals surface area contributed by atoms with Gasteiger partial charge in [0.2, 0.25) is 0 Å². The van der Waals surface area contributed by atoms with Crippen LogP contribution in [0.5, 0.6) is 0 Å². The zero-order valence-electron chi connectivity index (χ0n) is 27.0. The molecule has 0 saturated heterocycles. The van der Waals surface area contributed by atoms with Crippen LogP contribution in [-0.4, -0.2) is 48.3 Å². The Bertz CT molecular complexity index is 678. The first-order valence-corrected chi connectivity index (χ1v) is 17.1. The lowest BCUT2D eigenvalue weighted by atomic mass is 10.1. The minimum atomic E-state index is -1.30. The zero-order chi connectivity index (χ0) is 31.1. The van der Waals surface area contributed by atoms with E-state index in [4.69, 9.17) is 19.3 Å². The van der Waals surface area contributed by atoms with Gasteiger partial charge in [-0.1, -0.05) is 142 Å². The first-order valence-electron chi connectivity index (χ1n) is 17.1. The van der Waals surface area contributed by atoms with Crippen LogP contribution in [0.25, 0.3) is 0 Å². The summed E-state index contributed by atoms with van der Waals surface area (Å²) in [4.78, 5) is 46.9. The molecule has 246 valence electrons. The van der Waals surface area contributed by atoms with Gasteiger partial charge in [-0.05, 0) is 12.8 Å². The number of carboxylic acid groups (broad SMARTS) is 1. The summed E-state index contributed by atoms with van der Waals surface area (Å²) in [6, 6.07) is 0. The fourth-order valence-electron chi connectivity index (χ4n) is 4.85. The highest BCUT2D eigenvalue weighted by Crippen LogP contribution is 2.14. The van der Waals surface area contributed by atoms with Gasteiger partial charge in [0.15, 0.2) is 6.10 Å². The van der Waals surface area contributed by atoms with E-state index in [0.29, 0.717) is 6.42 Å². The van der Waals surface area contributed by atoms with E-state index >= 15 is 0 Å². The Morgan fingerprint density at radius 1 is 0.476 bits per heavy atom. The number of carbonyl (C=O) groups excluding carboxylic acids is 3. The summed E-state index contributed by atoms with van der Waals surface area (Å²) < 4.78 is 15.7. The molecular weight excluding hydrogens is 536 g/mol. The normalized spacial score (nSPS) is 11.7. The van der Waals surface area contributed by atoms with Crippen molar-refractivity contribution in [1.82, 2.24) is 0 Å². The molecule has 0 aliphatic carbocycles. The molecule has 0 bridgehead atoms. The average Bonchev–Trinajstić information content (AvgIpc) is 2.95. The summed E-state index contributed by atoms with van der Waals surface area (Å²) in [6.45, 7) is 3.89. The molecule has 0 saturated carbocycles. The van der Waals surface area contributed by atoms with Crippen LogP contribution in [0, 0.1) is 0 Å². The van der Waals surface area contributed by atoms with Crippen LogP contribution in [-0.2, 0) is 33.4 Å². The third-order valence-corrected chi connectivity index (χ3v) is 7.42. The van der Waals surface area contributed by atoms with Crippen molar-refractivity contribution in [3.8, 4) is 0 Å². The predicted octanol–water partition coefficient (Wildman–Crippen LogP) is 8.86. The molecule has 0 rings (SSSR count). The Labute approximate surface area is 256 Å². The highest BCUT2D eigenvalue weighted by Gasteiger charge is 2.20. The van der Waals surface area contributed by atoms with E-state index < -0.39 is 30.4 Å². The van der Waals surface area contributed by atoms with Gasteiger partial charge in [0, 0.05) is 12.8 Å². The summed E-state index contributed by atoms with van der Waals surface area (Å²) in [5.74, 6) is -3.05. The first kappa shape index (κ1) is 39.9. The van der Waals surface area contributed by atoms with Crippen LogP contribution in [0.1, 0.15) is 174 Å². The molecule has 0 aromatic heterocycles. The Kier molecular flexibility index (Phi) is 28.8. The van der Waals surface area contributed by atoms with E-state index in [-0.39, 0.29) is 32.0 Å². The summed E-state index contributed by atoms with van der Waals surface area (Å²) in [5.41, 5.74) is 0. The zero-order valence-corrected chi connectivity index (χ0v) is 27.0. The molecule has 0 fully saturated rings. The molecule has 0 spiro atoms. The van der Waals surface area contributed by atoms with Gasteiger partial charge in [0.25, 0.3) is 0 Å². The van der Waals surface area contributed by atoms with Crippen molar-refractivity contribution < 1.29 is 38.5 Å². The van der Waals surface area contributed by atoms with E-state index in [9.17, 15) is 19.2 Å². The van der Waals surface area contributed by atoms with Gasteiger partial charge in [-0.3, -0.25) is 19.2 Å². The van der Waals surface area contributed by atoms with E-state index in [2.05, 4.69) is 13.8 Å². The lowest BCUT2D eigenvalue weighted by Crippen LogP contribution is -2.31. The van der Waals surface area contributed by atoms with E-state index in [1.54, 1.807) is 0 Å². The molecule has 0 aliphatic rings. The number of hydrogen-bond acceptors (Lipinski definition) is 7. The lowest BCUT2D eigenvalue weighted by molar-refractivity contribution is -0.168. The molecule has 0 aromatic rings. The van der Waals surface area contributed by atoms with Crippen LogP contribution in [0.15, 0.2) is 0 Å². The smallest absolute Gasteiger partial charge is 0.317 e. The fourth-order valence-corrected chi connectivity index (χ4v) is 4.85. The van der Waals surface area contributed by atoms with E-state index in [1.807, 2.05) is 0 Å². The number of ether oxygens (including phenoxy) is 3. The number of carbonyl (C=O) groups is 4.